The molecule has 8 heteroatoms. The van der Waals surface area contributed by atoms with Crippen molar-refractivity contribution in [2.75, 3.05) is 6.61 Å². The van der Waals surface area contributed by atoms with Crippen LogP contribution in [0.25, 0.3) is 31.7 Å². The van der Waals surface area contributed by atoms with E-state index in [0.29, 0.717) is 25.6 Å². The molecule has 0 aliphatic rings. The molecule has 0 atom stereocenters. The van der Waals surface area contributed by atoms with Gasteiger partial charge in [-0.25, -0.2) is 4.79 Å². The van der Waals surface area contributed by atoms with Crippen molar-refractivity contribution in [3.63, 3.8) is 0 Å². The topological polar surface area (TPSA) is 43.4 Å². The predicted molar refractivity (Wildman–Crippen MR) is 126 cm³/mol. The zero-order valence-corrected chi connectivity index (χ0v) is 19.6. The Morgan fingerprint density at radius 2 is 1.33 bits per heavy atom. The van der Waals surface area contributed by atoms with Crippen LogP contribution in [0.4, 0.5) is 13.2 Å². The van der Waals surface area contributed by atoms with Crippen LogP contribution in [-0.4, -0.2) is 18.4 Å². The summed E-state index contributed by atoms with van der Waals surface area (Å²) in [5, 5.41) is 0. The Morgan fingerprint density at radius 1 is 0.848 bits per heavy atom. The Kier molecular flexibility index (Phi) is 6.16. The Balaban J connectivity index is 2.01. The number of hydrogen-bond acceptors (Lipinski definition) is 5. The summed E-state index contributed by atoms with van der Waals surface area (Å²) in [6, 6.07) is 12.4. The summed E-state index contributed by atoms with van der Waals surface area (Å²) in [4.78, 5) is 26.1. The lowest BCUT2D eigenvalue weighted by Gasteiger charge is -2.08. The number of rotatable bonds is 5. The van der Waals surface area contributed by atoms with Crippen LogP contribution in [-0.2, 0) is 10.9 Å². The molecular weight excluding hydrogens is 469 g/mol. The van der Waals surface area contributed by atoms with E-state index in [2.05, 4.69) is 0 Å². The smallest absolute Gasteiger partial charge is 0.416 e. The number of ketones is 1. The maximum absolute atomic E-state index is 13.1. The summed E-state index contributed by atoms with van der Waals surface area (Å²) in [6.45, 7) is 5.31. The summed E-state index contributed by atoms with van der Waals surface area (Å²) in [7, 11) is 0. The lowest BCUT2D eigenvalue weighted by atomic mass is 10.0. The van der Waals surface area contributed by atoms with Gasteiger partial charge in [-0.1, -0.05) is 42.0 Å². The average Bonchev–Trinajstić information content (AvgIpc) is 3.30. The van der Waals surface area contributed by atoms with E-state index in [1.54, 1.807) is 6.92 Å². The van der Waals surface area contributed by atoms with Crippen LogP contribution in [0.2, 0.25) is 0 Å². The molecule has 0 unspecified atom stereocenters. The molecule has 0 N–H and O–H groups in total. The number of carbonyl (C=O) groups excluding carboxylic acids is 2. The van der Waals surface area contributed by atoms with E-state index in [1.165, 1.54) is 41.7 Å². The second-order valence-corrected chi connectivity index (χ2v) is 9.53. The zero-order chi connectivity index (χ0) is 23.9. The number of alkyl halides is 3. The number of Topliss-reactive ketones (excluding diaryl/α,β-unsaturated/α-hetero) is 1. The molecule has 2 aromatic carbocycles. The number of hydrogen-bond donors (Lipinski definition) is 0. The molecule has 4 aromatic rings. The largest absolute Gasteiger partial charge is 0.462 e. The predicted octanol–water partition coefficient (Wildman–Crippen LogP) is 8.00. The number of carbonyl (C=O) groups is 2. The fourth-order valence-corrected chi connectivity index (χ4v) is 6.34. The van der Waals surface area contributed by atoms with Crippen molar-refractivity contribution in [3.8, 4) is 22.3 Å². The quantitative estimate of drug-likeness (QED) is 0.211. The summed E-state index contributed by atoms with van der Waals surface area (Å²) in [5.74, 6) is -0.657. The molecule has 0 saturated heterocycles. The molecule has 0 amide bonds. The highest BCUT2D eigenvalue weighted by molar-refractivity contribution is 7.31. The number of fused-ring (bicyclic) bond motifs is 1. The molecule has 0 bridgehead atoms. The highest BCUT2D eigenvalue weighted by Crippen LogP contribution is 2.50. The van der Waals surface area contributed by atoms with Gasteiger partial charge in [0.05, 0.1) is 26.4 Å². The highest BCUT2D eigenvalue weighted by Gasteiger charge is 2.31. The molecule has 2 aromatic heterocycles. The monoisotopic (exact) mass is 488 g/mol. The number of halogens is 3. The minimum atomic E-state index is -4.46. The minimum absolute atomic E-state index is 0.116. The van der Waals surface area contributed by atoms with E-state index in [1.807, 2.05) is 31.2 Å². The zero-order valence-electron chi connectivity index (χ0n) is 18.0. The van der Waals surface area contributed by atoms with Crippen LogP contribution in [0.15, 0.2) is 48.5 Å². The summed E-state index contributed by atoms with van der Waals surface area (Å²) in [6.07, 6.45) is -4.46. The molecule has 170 valence electrons. The Labute approximate surface area is 196 Å². The molecule has 2 heterocycles. The molecule has 0 fully saturated rings. The van der Waals surface area contributed by atoms with Gasteiger partial charge in [0.2, 0.25) is 0 Å². The van der Waals surface area contributed by atoms with E-state index < -0.39 is 17.7 Å². The van der Waals surface area contributed by atoms with E-state index in [4.69, 9.17) is 4.74 Å². The number of thiophene rings is 2. The average molecular weight is 489 g/mol. The molecular formula is C25H19F3O3S2. The Bertz CT molecular complexity index is 1350. The minimum Gasteiger partial charge on any atom is -0.462 e. The Hall–Kier alpha value is -2.97. The number of aryl methyl sites for hydroxylation is 1. The standard InChI is InChI=1S/C25H19F3O3S2/c1-4-31-24(30)23-19(16-9-11-17(12-10-16)25(26,27)28)22-21(33-23)18(20(32-22)14(3)29)15-7-5-13(2)6-8-15/h5-12H,4H2,1-3H3. The third kappa shape index (κ3) is 4.32. The van der Waals surface area contributed by atoms with Crippen molar-refractivity contribution in [1.82, 2.24) is 0 Å². The van der Waals surface area contributed by atoms with Gasteiger partial charge in [-0.2, -0.15) is 13.2 Å². The van der Waals surface area contributed by atoms with Gasteiger partial charge in [-0.15, -0.1) is 22.7 Å². The van der Waals surface area contributed by atoms with E-state index in [0.717, 1.165) is 33.5 Å². The summed E-state index contributed by atoms with van der Waals surface area (Å²) < 4.78 is 45.9. The fraction of sp³-hybridized carbons (Fsp3) is 0.200. The first-order valence-electron chi connectivity index (χ1n) is 10.1. The van der Waals surface area contributed by atoms with Crippen LogP contribution in [0, 0.1) is 6.92 Å². The first kappa shape index (κ1) is 23.2. The van der Waals surface area contributed by atoms with Gasteiger partial charge in [0.1, 0.15) is 4.88 Å². The van der Waals surface area contributed by atoms with Crippen LogP contribution < -0.4 is 0 Å². The van der Waals surface area contributed by atoms with Crippen molar-refractivity contribution in [3.05, 3.63) is 69.4 Å². The maximum Gasteiger partial charge on any atom is 0.416 e. The van der Waals surface area contributed by atoms with Gasteiger partial charge in [0.25, 0.3) is 0 Å². The molecule has 0 radical (unpaired) electrons. The van der Waals surface area contributed by atoms with E-state index in [9.17, 15) is 22.8 Å². The third-order valence-corrected chi connectivity index (χ3v) is 7.77. The first-order valence-corrected chi connectivity index (χ1v) is 11.8. The van der Waals surface area contributed by atoms with Gasteiger partial charge >= 0.3 is 12.1 Å². The summed E-state index contributed by atoms with van der Waals surface area (Å²) in [5.41, 5.74) is 2.82. The van der Waals surface area contributed by atoms with Crippen molar-refractivity contribution >= 4 is 43.8 Å². The van der Waals surface area contributed by atoms with Gasteiger partial charge in [-0.05, 0) is 44.0 Å². The highest BCUT2D eigenvalue weighted by atomic mass is 32.1. The fourth-order valence-electron chi connectivity index (χ4n) is 3.59. The second kappa shape index (κ2) is 8.76. The van der Waals surface area contributed by atoms with Crippen molar-refractivity contribution in [2.45, 2.75) is 26.9 Å². The maximum atomic E-state index is 13.1. The molecule has 3 nitrogen and oxygen atoms in total. The van der Waals surface area contributed by atoms with Crippen LogP contribution in [0.1, 0.15) is 44.3 Å². The SMILES string of the molecule is CCOC(=O)c1sc2c(-c3ccc(C)cc3)c(C(C)=O)sc2c1-c1ccc(C(F)(F)F)cc1. The Morgan fingerprint density at radius 3 is 1.82 bits per heavy atom. The van der Waals surface area contributed by atoms with E-state index >= 15 is 0 Å². The summed E-state index contributed by atoms with van der Waals surface area (Å²) >= 11 is 2.45. The van der Waals surface area contributed by atoms with Gasteiger partial charge < -0.3 is 4.74 Å². The van der Waals surface area contributed by atoms with Crippen LogP contribution in [0.5, 0.6) is 0 Å². The third-order valence-electron chi connectivity index (χ3n) is 5.14. The van der Waals surface area contributed by atoms with Crippen LogP contribution >= 0.6 is 22.7 Å². The molecule has 0 spiro atoms. The lowest BCUT2D eigenvalue weighted by Crippen LogP contribution is -2.05. The molecule has 4 rings (SSSR count). The first-order chi connectivity index (χ1) is 15.6. The van der Waals surface area contributed by atoms with Crippen molar-refractivity contribution in [2.24, 2.45) is 0 Å². The van der Waals surface area contributed by atoms with Crippen molar-refractivity contribution in [1.29, 1.82) is 0 Å². The van der Waals surface area contributed by atoms with Gasteiger partial charge in [0, 0.05) is 11.1 Å². The normalized spacial score (nSPS) is 11.7. The van der Waals surface area contributed by atoms with Crippen LogP contribution in [0.3, 0.4) is 0 Å². The molecule has 0 saturated carbocycles. The molecule has 0 aliphatic heterocycles. The van der Waals surface area contributed by atoms with E-state index in [-0.39, 0.29) is 12.4 Å². The molecule has 0 aliphatic carbocycles. The van der Waals surface area contributed by atoms with Crippen molar-refractivity contribution < 1.29 is 27.5 Å². The van der Waals surface area contributed by atoms with Gasteiger partial charge in [0.15, 0.2) is 5.78 Å². The number of esters is 1. The van der Waals surface area contributed by atoms with Gasteiger partial charge in [-0.3, -0.25) is 4.79 Å². The molecule has 33 heavy (non-hydrogen) atoms. The number of ether oxygens (including phenoxy) is 1. The second-order valence-electron chi connectivity index (χ2n) is 7.49. The number of benzene rings is 2. The lowest BCUT2D eigenvalue weighted by molar-refractivity contribution is -0.137.